The van der Waals surface area contributed by atoms with Gasteiger partial charge < -0.3 is 15.2 Å². The summed E-state index contributed by atoms with van der Waals surface area (Å²) in [6.45, 7) is 1.87. The van der Waals surface area contributed by atoms with Crippen LogP contribution in [0.15, 0.2) is 66.7 Å². The zero-order valence-corrected chi connectivity index (χ0v) is 14.1. The van der Waals surface area contributed by atoms with Gasteiger partial charge in [-0.05, 0) is 42.3 Å². The number of ether oxygens (including phenoxy) is 1. The van der Waals surface area contributed by atoms with Gasteiger partial charge in [-0.3, -0.25) is 4.79 Å². The number of methoxy groups -OCH3 is 1. The van der Waals surface area contributed by atoms with Crippen LogP contribution >= 0.6 is 0 Å². The summed E-state index contributed by atoms with van der Waals surface area (Å²) in [5.74, 6) is 0.117. The van der Waals surface area contributed by atoms with Crippen molar-refractivity contribution in [3.8, 4) is 22.6 Å². The molecule has 0 aliphatic rings. The molecule has 0 aromatic heterocycles. The molecule has 0 spiro atoms. The number of anilines is 1. The lowest BCUT2D eigenvalue weighted by molar-refractivity contribution is 0.102. The van der Waals surface area contributed by atoms with Gasteiger partial charge in [-0.25, -0.2) is 0 Å². The Morgan fingerprint density at radius 1 is 0.960 bits per heavy atom. The van der Waals surface area contributed by atoms with E-state index in [4.69, 9.17) is 4.74 Å². The Morgan fingerprint density at radius 3 is 2.44 bits per heavy atom. The fraction of sp³-hybridized carbons (Fsp3) is 0.0952. The van der Waals surface area contributed by atoms with Crippen molar-refractivity contribution in [1.29, 1.82) is 0 Å². The van der Waals surface area contributed by atoms with Crippen LogP contribution in [0.1, 0.15) is 15.9 Å². The second-order valence-electron chi connectivity index (χ2n) is 5.76. The molecule has 126 valence electrons. The molecule has 0 heterocycles. The molecule has 3 rings (SSSR count). The fourth-order valence-corrected chi connectivity index (χ4v) is 2.64. The predicted molar refractivity (Wildman–Crippen MR) is 99.2 cm³/mol. The molecular weight excluding hydrogens is 314 g/mol. The molecule has 0 saturated heterocycles. The molecule has 0 aliphatic heterocycles. The van der Waals surface area contributed by atoms with Crippen LogP contribution in [-0.2, 0) is 0 Å². The molecule has 0 fully saturated rings. The van der Waals surface area contributed by atoms with Gasteiger partial charge in [-0.15, -0.1) is 0 Å². The van der Waals surface area contributed by atoms with Gasteiger partial charge in [-0.2, -0.15) is 0 Å². The Bertz CT molecular complexity index is 904. The first-order valence-corrected chi connectivity index (χ1v) is 7.93. The lowest BCUT2D eigenvalue weighted by Crippen LogP contribution is -2.13. The second-order valence-corrected chi connectivity index (χ2v) is 5.76. The summed E-state index contributed by atoms with van der Waals surface area (Å²) in [6.07, 6.45) is 0. The molecule has 4 nitrogen and oxygen atoms in total. The van der Waals surface area contributed by atoms with E-state index < -0.39 is 0 Å². The van der Waals surface area contributed by atoms with Gasteiger partial charge in [0.15, 0.2) is 0 Å². The van der Waals surface area contributed by atoms with E-state index in [-0.39, 0.29) is 17.2 Å². The van der Waals surface area contributed by atoms with Crippen LogP contribution < -0.4 is 10.1 Å². The zero-order valence-electron chi connectivity index (χ0n) is 14.1. The van der Waals surface area contributed by atoms with E-state index in [1.54, 1.807) is 19.2 Å². The maximum absolute atomic E-state index is 12.6. The molecule has 0 saturated carbocycles. The Labute approximate surface area is 146 Å². The van der Waals surface area contributed by atoms with Crippen LogP contribution in [0.3, 0.4) is 0 Å². The van der Waals surface area contributed by atoms with Gasteiger partial charge in [0.25, 0.3) is 5.91 Å². The van der Waals surface area contributed by atoms with E-state index in [0.717, 1.165) is 16.7 Å². The molecule has 0 bridgehead atoms. The van der Waals surface area contributed by atoms with Crippen molar-refractivity contribution in [2.24, 2.45) is 0 Å². The molecule has 0 unspecified atom stereocenters. The van der Waals surface area contributed by atoms with Gasteiger partial charge >= 0.3 is 0 Å². The monoisotopic (exact) mass is 333 g/mol. The molecule has 4 heteroatoms. The second kappa shape index (κ2) is 7.09. The molecular formula is C21H19NO3. The number of aromatic hydroxyl groups is 1. The van der Waals surface area contributed by atoms with E-state index in [1.807, 2.05) is 55.5 Å². The largest absolute Gasteiger partial charge is 0.507 e. The van der Waals surface area contributed by atoms with Gasteiger partial charge in [0.05, 0.1) is 18.4 Å². The van der Waals surface area contributed by atoms with Crippen LogP contribution in [0.25, 0.3) is 11.1 Å². The Kier molecular flexibility index (Phi) is 4.70. The van der Waals surface area contributed by atoms with Crippen molar-refractivity contribution < 1.29 is 14.6 Å². The summed E-state index contributed by atoms with van der Waals surface area (Å²) < 4.78 is 5.35. The molecule has 0 radical (unpaired) electrons. The Balaban J connectivity index is 1.95. The van der Waals surface area contributed by atoms with Crippen molar-refractivity contribution in [1.82, 2.24) is 0 Å². The maximum Gasteiger partial charge on any atom is 0.259 e. The van der Waals surface area contributed by atoms with E-state index in [0.29, 0.717) is 11.4 Å². The number of phenols is 1. The van der Waals surface area contributed by atoms with Gasteiger partial charge in [0.2, 0.25) is 0 Å². The number of carbonyl (C=O) groups is 1. The number of hydrogen-bond donors (Lipinski definition) is 2. The quantitative estimate of drug-likeness (QED) is 0.732. The smallest absolute Gasteiger partial charge is 0.259 e. The maximum atomic E-state index is 12.6. The number of carbonyl (C=O) groups excluding carboxylic acids is 1. The first-order valence-electron chi connectivity index (χ1n) is 7.93. The highest BCUT2D eigenvalue weighted by molar-refractivity contribution is 6.07. The summed E-state index contributed by atoms with van der Waals surface area (Å²) in [5.41, 5.74) is 3.68. The Morgan fingerprint density at radius 2 is 1.72 bits per heavy atom. The first-order chi connectivity index (χ1) is 12.1. The highest BCUT2D eigenvalue weighted by Gasteiger charge is 2.14. The normalized spacial score (nSPS) is 10.3. The molecule has 25 heavy (non-hydrogen) atoms. The Hall–Kier alpha value is -3.27. The molecule has 1 amide bonds. The lowest BCUT2D eigenvalue weighted by atomic mass is 10.0. The molecule has 3 aromatic rings. The van der Waals surface area contributed by atoms with Crippen LogP contribution in [0.2, 0.25) is 0 Å². The fourth-order valence-electron chi connectivity index (χ4n) is 2.64. The third-order valence-corrected chi connectivity index (χ3v) is 3.95. The van der Waals surface area contributed by atoms with E-state index >= 15 is 0 Å². The van der Waals surface area contributed by atoms with Crippen LogP contribution in [-0.4, -0.2) is 18.1 Å². The number of nitrogens with one attached hydrogen (secondary N) is 1. The highest BCUT2D eigenvalue weighted by Crippen LogP contribution is 2.31. The minimum Gasteiger partial charge on any atom is -0.507 e. The SMILES string of the molecule is COc1ccc(-c2ccccc2)cc1NC(=O)c1cc(C)ccc1O. The van der Waals surface area contributed by atoms with Gasteiger partial charge in [-0.1, -0.05) is 48.0 Å². The van der Waals surface area contributed by atoms with Crippen LogP contribution in [0.5, 0.6) is 11.5 Å². The van der Waals surface area contributed by atoms with Crippen LogP contribution in [0, 0.1) is 6.92 Å². The number of benzene rings is 3. The molecule has 0 atom stereocenters. The summed E-state index contributed by atoms with van der Waals surface area (Å²) in [4.78, 5) is 12.6. The number of rotatable bonds is 4. The molecule has 0 aliphatic carbocycles. The highest BCUT2D eigenvalue weighted by atomic mass is 16.5. The van der Waals surface area contributed by atoms with Gasteiger partial charge in [0, 0.05) is 0 Å². The van der Waals surface area contributed by atoms with Crippen molar-refractivity contribution >= 4 is 11.6 Å². The van der Waals surface area contributed by atoms with E-state index in [1.165, 1.54) is 6.07 Å². The van der Waals surface area contributed by atoms with E-state index in [2.05, 4.69) is 5.32 Å². The summed E-state index contributed by atoms with van der Waals surface area (Å²) in [5, 5.41) is 12.8. The predicted octanol–water partition coefficient (Wildman–Crippen LogP) is 4.63. The summed E-state index contributed by atoms with van der Waals surface area (Å²) in [7, 11) is 1.55. The van der Waals surface area contributed by atoms with Crippen molar-refractivity contribution in [3.05, 3.63) is 77.9 Å². The minimum atomic E-state index is -0.385. The minimum absolute atomic E-state index is 0.0544. The topological polar surface area (TPSA) is 58.6 Å². The third kappa shape index (κ3) is 3.63. The number of phenolic OH excluding ortho intramolecular Hbond substituents is 1. The average molecular weight is 333 g/mol. The van der Waals surface area contributed by atoms with E-state index in [9.17, 15) is 9.90 Å². The summed E-state index contributed by atoms with van der Waals surface area (Å²) in [6, 6.07) is 20.4. The third-order valence-electron chi connectivity index (χ3n) is 3.95. The van der Waals surface area contributed by atoms with Crippen LogP contribution in [0.4, 0.5) is 5.69 Å². The lowest BCUT2D eigenvalue weighted by Gasteiger charge is -2.13. The van der Waals surface area contributed by atoms with Crippen molar-refractivity contribution in [2.45, 2.75) is 6.92 Å². The zero-order chi connectivity index (χ0) is 17.8. The molecule has 2 N–H and O–H groups in total. The number of hydrogen-bond acceptors (Lipinski definition) is 3. The summed E-state index contributed by atoms with van der Waals surface area (Å²) >= 11 is 0. The average Bonchev–Trinajstić information content (AvgIpc) is 2.64. The van der Waals surface area contributed by atoms with Crippen molar-refractivity contribution in [3.63, 3.8) is 0 Å². The van der Waals surface area contributed by atoms with Crippen molar-refractivity contribution in [2.75, 3.05) is 12.4 Å². The van der Waals surface area contributed by atoms with Gasteiger partial charge in [0.1, 0.15) is 11.5 Å². The number of aryl methyl sites for hydroxylation is 1. The first kappa shape index (κ1) is 16.6. The number of amides is 1. The molecule has 3 aromatic carbocycles. The standard InChI is InChI=1S/C21H19NO3/c1-14-8-10-19(23)17(12-14)21(24)22-18-13-16(9-11-20(18)25-2)15-6-4-3-5-7-15/h3-13,23H,1-2H3,(H,22,24).